The van der Waals surface area contributed by atoms with E-state index in [4.69, 9.17) is 68.4 Å². The van der Waals surface area contributed by atoms with Gasteiger partial charge in [0.15, 0.2) is 0 Å². The van der Waals surface area contributed by atoms with Crippen molar-refractivity contribution in [1.29, 1.82) is 0 Å². The van der Waals surface area contributed by atoms with Crippen molar-refractivity contribution in [3.8, 4) is 0 Å². The van der Waals surface area contributed by atoms with E-state index in [0.29, 0.717) is 115 Å². The van der Waals surface area contributed by atoms with Crippen LogP contribution < -0.4 is 5.32 Å². The van der Waals surface area contributed by atoms with Crippen molar-refractivity contribution in [3.63, 3.8) is 0 Å². The third kappa shape index (κ3) is 38.2. The molecule has 6 aliphatic heterocycles. The maximum Gasteiger partial charge on any atom is 0.446 e. The van der Waals surface area contributed by atoms with E-state index in [1.54, 1.807) is 30.6 Å². The van der Waals surface area contributed by atoms with Gasteiger partial charge in [-0.25, -0.2) is 70.8 Å². The van der Waals surface area contributed by atoms with Crippen molar-refractivity contribution >= 4 is 126 Å². The summed E-state index contributed by atoms with van der Waals surface area (Å²) in [7, 11) is -11.0. The second-order valence-electron chi connectivity index (χ2n) is 34.1. The summed E-state index contributed by atoms with van der Waals surface area (Å²) in [6.07, 6.45) is 0.638. The third-order valence-electron chi connectivity index (χ3n) is 22.3. The number of nitrogens with one attached hydrogen (secondary N) is 1. The van der Waals surface area contributed by atoms with Gasteiger partial charge in [0.25, 0.3) is 13.2 Å². The number of piperazine rings is 3. The van der Waals surface area contributed by atoms with E-state index >= 15 is 0 Å². The molecule has 14 rings (SSSR count). The predicted molar refractivity (Wildman–Crippen MR) is 490 cm³/mol. The molecule has 31 nitrogen and oxygen atoms in total. The number of aliphatic carboxylic acids is 1. The van der Waals surface area contributed by atoms with Gasteiger partial charge in [0, 0.05) is 151 Å². The normalized spacial score (nSPS) is 20.0. The number of carbonyl (C=O) groups excluding carboxylic acids is 8. The number of sulfonamides is 3. The maximum atomic E-state index is 13.9. The van der Waals surface area contributed by atoms with E-state index in [1.807, 2.05) is 0 Å². The predicted octanol–water partition coefficient (Wildman–Crippen LogP) is 13.1. The Morgan fingerprint density at radius 1 is 0.431 bits per heavy atom. The number of piperidine rings is 3. The first-order valence-corrected chi connectivity index (χ1v) is 48.9. The molecule has 6 N–H and O–H groups in total. The Morgan fingerprint density at radius 2 is 0.701 bits per heavy atom. The number of rotatable bonds is 20. The number of nitrogens with zero attached hydrogens (tertiary/aromatic N) is 8. The largest absolute Gasteiger partial charge is 0.481 e. The molecule has 137 heavy (non-hydrogen) atoms. The number of carboxylic acid groups (broad SMARTS) is 1. The number of alkyl halides is 3. The van der Waals surface area contributed by atoms with E-state index < -0.39 is 149 Å². The Bertz CT molecular complexity index is 5310. The smallest absolute Gasteiger partial charge is 0.446 e. The second-order valence-corrected chi connectivity index (χ2v) is 41.1. The van der Waals surface area contributed by atoms with Crippen molar-refractivity contribution in [2.75, 3.05) is 125 Å². The van der Waals surface area contributed by atoms with Gasteiger partial charge in [0.05, 0.1) is 44.2 Å². The highest BCUT2D eigenvalue weighted by Gasteiger charge is 2.44. The molecule has 6 aromatic rings. The number of hydrogen-bond donors (Lipinski definition) is 2. The molecule has 1 radical (unpaired) electrons. The lowest BCUT2D eigenvalue weighted by atomic mass is 9.70. The van der Waals surface area contributed by atoms with Crippen molar-refractivity contribution in [2.24, 2.45) is 11.8 Å². The van der Waals surface area contributed by atoms with Gasteiger partial charge in [-0.05, 0) is 248 Å². The molecule has 6 atom stereocenters. The molecule has 0 unspecified atom stereocenters. The Balaban J connectivity index is 0.000000281. The lowest BCUT2D eigenvalue weighted by molar-refractivity contribution is -0.156. The van der Waals surface area contributed by atoms with Crippen LogP contribution in [0.2, 0.25) is 15.1 Å². The quantitative estimate of drug-likeness (QED) is 0.0310. The fourth-order valence-corrected chi connectivity index (χ4v) is 20.6. The number of amides is 4. The van der Waals surface area contributed by atoms with Crippen molar-refractivity contribution in [2.45, 2.75) is 168 Å². The molecular weight excluding hydrogens is 1940 g/mol. The first-order chi connectivity index (χ1) is 63.5. The molecule has 8 fully saturated rings. The van der Waals surface area contributed by atoms with Crippen LogP contribution in [-0.4, -0.2) is 295 Å². The molecular formula is C90H113BCl3F9N9O22S3. The van der Waals surface area contributed by atoms with Gasteiger partial charge in [0.2, 0.25) is 36.4 Å². The van der Waals surface area contributed by atoms with Crippen LogP contribution in [0, 0.1) is 46.7 Å². The van der Waals surface area contributed by atoms with E-state index in [9.17, 15) is 98.3 Å². The number of carbonyl (C=O) groups is 9. The standard InChI is InChI=1S/C28H34ClF2N3O6S.C27H32ClF2N3O4S.C23H26ClF2N3O4S.C4H6BO2.C4H6O.C2HF3O.C2H4O2.2H2O/c1-28(2,3)40-27(36)33-12-10-32(11-13-33)26(35)39-18-24-7-4-19(20-14-22(30)16-23(31)15-20)17-34(24)41(37,38)25-8-5-21(29)6-9-25;28-22-4-7-26(8-5-22)38(35,36)33-17-20(21-13-23(29)15-24(30)14-21)3-6-25(33)18-37-27(34)32-11-9-31(10-12-32)16-19-1-2-19;24-18-2-5-22(6-3-18)34(31,32)29-14-16(17-11-19(25)13-20(26)12-17)1-4-21(29)15-33-23(30)28-9-7-27-8-10-28;1-3(6)5-4(2)7;5-3-4-1-2-4;3-2(4,5)1-6;1-2(3)4;;/h5-6,8-9,14-16,19,24H,4,7,10-13,17-18H2,1-3H3;4-5,7-8,13-15,19-20,25H,1-3,6,9-12,16-18H2;2-3,5-6,11-13,16,21,27H,1,4,7-10,14-15H2;1-2H3;3-4H,1-2H2;1H;1H3,(H,3,4);2*1H2/t19-,24-;20-,25-;16-,21-;;;;;;/m111....../s1. The molecule has 8 aliphatic rings. The topological polar surface area (TPSA) is 414 Å². The van der Waals surface area contributed by atoms with Crippen LogP contribution in [0.25, 0.3) is 0 Å². The van der Waals surface area contributed by atoms with Crippen molar-refractivity contribution in [1.82, 2.24) is 42.7 Å². The van der Waals surface area contributed by atoms with E-state index in [0.717, 1.165) is 77.1 Å². The van der Waals surface area contributed by atoms with Crippen LogP contribution >= 0.6 is 34.8 Å². The summed E-state index contributed by atoms with van der Waals surface area (Å²) in [5.74, 6) is -5.19. The molecule has 4 amide bonds. The molecule has 0 aromatic heterocycles. The summed E-state index contributed by atoms with van der Waals surface area (Å²) in [5.41, 5.74) is 0.147. The number of benzene rings is 6. The highest BCUT2D eigenvalue weighted by Crippen LogP contribution is 2.40. The summed E-state index contributed by atoms with van der Waals surface area (Å²) >= 11 is 17.8. The maximum absolute atomic E-state index is 13.9. The van der Waals surface area contributed by atoms with Gasteiger partial charge in [-0.2, -0.15) is 26.1 Å². The first-order valence-electron chi connectivity index (χ1n) is 43.4. The summed E-state index contributed by atoms with van der Waals surface area (Å²) in [4.78, 5) is 106. The van der Waals surface area contributed by atoms with Crippen LogP contribution in [0.3, 0.4) is 0 Å². The average Bonchev–Trinajstić information content (AvgIpc) is 1.72. The monoisotopic (exact) mass is 2050 g/mol. The van der Waals surface area contributed by atoms with Gasteiger partial charge >= 0.3 is 30.5 Å². The summed E-state index contributed by atoms with van der Waals surface area (Å²) < 4.78 is 222. The summed E-state index contributed by atoms with van der Waals surface area (Å²) in [6.45, 7) is 15.9. The van der Waals surface area contributed by atoms with Gasteiger partial charge in [-0.1, -0.05) is 34.8 Å². The molecule has 0 spiro atoms. The van der Waals surface area contributed by atoms with Crippen LogP contribution in [0.5, 0.6) is 0 Å². The average molecular weight is 2060 g/mol. The minimum Gasteiger partial charge on any atom is -0.481 e. The van der Waals surface area contributed by atoms with Crippen molar-refractivity contribution in [3.05, 3.63) is 194 Å². The molecule has 2 saturated carbocycles. The molecule has 2 aliphatic carbocycles. The number of aldehydes is 2. The van der Waals surface area contributed by atoms with Crippen LogP contribution in [0.1, 0.15) is 140 Å². The molecule has 47 heteroatoms. The molecule has 755 valence electrons. The van der Waals surface area contributed by atoms with Gasteiger partial charge in [-0.15, -0.1) is 0 Å². The Labute approximate surface area is 805 Å². The van der Waals surface area contributed by atoms with Gasteiger partial charge in [-0.3, -0.25) is 14.5 Å². The Hall–Kier alpha value is -9.58. The highest BCUT2D eigenvalue weighted by atomic mass is 35.5. The van der Waals surface area contributed by atoms with Crippen LogP contribution in [-0.2, 0) is 73.0 Å². The van der Waals surface area contributed by atoms with Crippen molar-refractivity contribution < 1.29 is 143 Å². The van der Waals surface area contributed by atoms with Crippen LogP contribution in [0.15, 0.2) is 142 Å². The number of carboxylic acids is 1. The number of hydrogen-bond acceptors (Lipinski definition) is 21. The lowest BCUT2D eigenvalue weighted by Crippen LogP contribution is -2.53. The SMILES string of the molecule is CC(=O)O.CC(=O)[B]C(C)=O.CC(C)(C)OC(=O)N1CCN(C(=O)OC[C@H]2CC[C@@H](c3cc(F)cc(F)c3)CN2S(=O)(=O)c2ccc(Cl)cc2)CC1.O.O.O=C(OC[C@H]1CC[C@@H](c2cc(F)cc(F)c2)CN1S(=O)(=O)c1ccc(Cl)cc1)N1CCN(CC2CC2)CC1.O=C(OC[C@H]1CC[C@@H](c2cc(F)cc(F)c2)CN1S(=O)(=O)c1ccc(Cl)cc1)N1CCNCC1.O=CC(F)(F)F.O=CC1CC1. The van der Waals surface area contributed by atoms with E-state index in [2.05, 4.69) is 10.2 Å². The summed E-state index contributed by atoms with van der Waals surface area (Å²) in [6, 6.07) is 25.1. The summed E-state index contributed by atoms with van der Waals surface area (Å²) in [5, 5.41) is 11.7. The molecule has 6 heterocycles. The fourth-order valence-electron chi connectivity index (χ4n) is 15.2. The van der Waals surface area contributed by atoms with E-state index in [1.165, 1.54) is 159 Å². The van der Waals surface area contributed by atoms with Gasteiger partial charge < -0.3 is 74.3 Å². The van der Waals surface area contributed by atoms with Gasteiger partial charge in [0.1, 0.15) is 66.6 Å². The minimum absolute atomic E-state index is 0. The lowest BCUT2D eigenvalue weighted by Gasteiger charge is -2.39. The first kappa shape index (κ1) is 116. The second kappa shape index (κ2) is 53.7. The zero-order chi connectivity index (χ0) is 99.5. The zero-order valence-corrected chi connectivity index (χ0v) is 80.7. The number of ether oxygens (including phenoxy) is 4. The fraction of sp³-hybridized carbons (Fsp3) is 0.500. The van der Waals surface area contributed by atoms with E-state index in [-0.39, 0.29) is 103 Å². The number of halogens is 12. The molecule has 6 aromatic carbocycles. The van der Waals surface area contributed by atoms with Crippen LogP contribution in [0.4, 0.5) is 58.7 Å². The Kier molecular flexibility index (Phi) is 45.5. The zero-order valence-electron chi connectivity index (χ0n) is 76.0. The minimum atomic E-state index is -4.64. The Morgan fingerprint density at radius 3 is 0.934 bits per heavy atom. The third-order valence-corrected chi connectivity index (χ3v) is 28.8. The molecule has 0 bridgehead atoms. The molecule has 6 saturated heterocycles. The highest BCUT2D eigenvalue weighted by molar-refractivity contribution is 7.89.